The highest BCUT2D eigenvalue weighted by atomic mass is 35.5. The lowest BCUT2D eigenvalue weighted by molar-refractivity contribution is -0.117. The average molecular weight is 408 g/mol. The Morgan fingerprint density at radius 3 is 2.54 bits per heavy atom. The number of benzene rings is 1. The maximum atomic E-state index is 12.4. The van der Waals surface area contributed by atoms with Crippen molar-refractivity contribution in [3.8, 4) is 0 Å². The van der Waals surface area contributed by atoms with Crippen molar-refractivity contribution in [2.24, 2.45) is 5.92 Å². The number of alkyl halides is 1. The van der Waals surface area contributed by atoms with Crippen LogP contribution in [0.1, 0.15) is 40.0 Å². The molecule has 0 saturated carbocycles. The minimum atomic E-state index is -0.478. The summed E-state index contributed by atoms with van der Waals surface area (Å²) in [4.78, 5) is 28.2. The molecule has 1 N–H and O–H groups in total. The molecule has 0 aromatic heterocycles. The van der Waals surface area contributed by atoms with Crippen LogP contribution in [-0.4, -0.2) is 54.1 Å². The molecule has 28 heavy (non-hydrogen) atoms. The zero-order chi connectivity index (χ0) is 20.3. The van der Waals surface area contributed by atoms with Gasteiger partial charge in [0.1, 0.15) is 5.60 Å². The van der Waals surface area contributed by atoms with Gasteiger partial charge in [0.25, 0.3) is 0 Å². The van der Waals surface area contributed by atoms with Gasteiger partial charge in [-0.3, -0.25) is 4.79 Å². The Balaban J connectivity index is 1.60. The molecule has 2 aliphatic rings. The summed E-state index contributed by atoms with van der Waals surface area (Å²) in [5.74, 6) is 0.833. The third-order valence-corrected chi connectivity index (χ3v) is 5.56. The third-order valence-electron chi connectivity index (χ3n) is 5.12. The lowest BCUT2D eigenvalue weighted by atomic mass is 10.0. The van der Waals surface area contributed by atoms with Crippen LogP contribution in [0.3, 0.4) is 0 Å². The zero-order valence-corrected chi connectivity index (χ0v) is 17.7. The Labute approximate surface area is 172 Å². The van der Waals surface area contributed by atoms with E-state index in [-0.39, 0.29) is 24.0 Å². The van der Waals surface area contributed by atoms with E-state index in [9.17, 15) is 9.59 Å². The van der Waals surface area contributed by atoms with E-state index in [0.717, 1.165) is 24.2 Å². The van der Waals surface area contributed by atoms with Gasteiger partial charge in [0, 0.05) is 38.0 Å². The molecule has 7 heteroatoms. The number of hydrogen-bond donors (Lipinski definition) is 1. The number of carbonyl (C=O) groups excluding carboxylic acids is 2. The maximum Gasteiger partial charge on any atom is 0.410 e. The van der Waals surface area contributed by atoms with Crippen LogP contribution >= 0.6 is 11.6 Å². The largest absolute Gasteiger partial charge is 0.444 e. The Morgan fingerprint density at radius 2 is 1.93 bits per heavy atom. The highest BCUT2D eigenvalue weighted by Gasteiger charge is 2.32. The molecule has 1 aromatic carbocycles. The van der Waals surface area contributed by atoms with Gasteiger partial charge < -0.3 is 19.9 Å². The van der Waals surface area contributed by atoms with Crippen LogP contribution in [-0.2, 0) is 9.53 Å². The molecular weight excluding hydrogens is 378 g/mol. The second-order valence-corrected chi connectivity index (χ2v) is 8.94. The topological polar surface area (TPSA) is 61.9 Å². The van der Waals surface area contributed by atoms with Crippen LogP contribution < -0.4 is 10.2 Å². The second kappa shape index (κ2) is 8.60. The molecule has 2 saturated heterocycles. The average Bonchev–Trinajstić information content (AvgIpc) is 3.02. The molecule has 0 bridgehead atoms. The number of nitrogens with one attached hydrogen (secondary N) is 1. The highest BCUT2D eigenvalue weighted by molar-refractivity contribution is 6.18. The fourth-order valence-electron chi connectivity index (χ4n) is 3.70. The van der Waals surface area contributed by atoms with Gasteiger partial charge in [0.05, 0.1) is 11.4 Å². The Hall–Kier alpha value is -1.95. The van der Waals surface area contributed by atoms with Crippen LogP contribution in [0.5, 0.6) is 0 Å². The highest BCUT2D eigenvalue weighted by Crippen LogP contribution is 2.33. The molecule has 2 amide bonds. The Morgan fingerprint density at radius 1 is 1.25 bits per heavy atom. The smallest absolute Gasteiger partial charge is 0.410 e. The predicted octanol–water partition coefficient (Wildman–Crippen LogP) is 4.09. The summed E-state index contributed by atoms with van der Waals surface area (Å²) in [7, 11) is 0. The number of carbonyl (C=O) groups is 2. The molecule has 0 spiro atoms. The van der Waals surface area contributed by atoms with Gasteiger partial charge in [-0.2, -0.15) is 0 Å². The molecule has 2 fully saturated rings. The van der Waals surface area contributed by atoms with Gasteiger partial charge in [0.15, 0.2) is 0 Å². The number of anilines is 2. The molecule has 2 aliphatic heterocycles. The lowest BCUT2D eigenvalue weighted by Crippen LogP contribution is -2.44. The van der Waals surface area contributed by atoms with Gasteiger partial charge in [-0.05, 0) is 51.7 Å². The number of hydrogen-bond acceptors (Lipinski definition) is 4. The van der Waals surface area contributed by atoms with E-state index in [0.29, 0.717) is 31.9 Å². The van der Waals surface area contributed by atoms with E-state index in [4.69, 9.17) is 16.3 Å². The SMILES string of the molecule is CC(C)(C)OC(=O)N1CCC(Nc2ccccc2N2CC(CCl)CC2=O)CC1. The number of likely N-dealkylation sites (tertiary alicyclic amines) is 1. The van der Waals surface area contributed by atoms with E-state index in [2.05, 4.69) is 5.32 Å². The third kappa shape index (κ3) is 5.10. The summed E-state index contributed by atoms with van der Waals surface area (Å²) < 4.78 is 5.46. The van der Waals surface area contributed by atoms with Gasteiger partial charge in [-0.15, -0.1) is 11.6 Å². The molecule has 0 radical (unpaired) electrons. The fraction of sp³-hybridized carbons (Fsp3) is 0.619. The number of amides is 2. The fourth-order valence-corrected chi connectivity index (χ4v) is 3.91. The first-order valence-electron chi connectivity index (χ1n) is 9.96. The summed E-state index contributed by atoms with van der Waals surface area (Å²) in [6, 6.07) is 8.17. The Bertz CT molecular complexity index is 711. The van der Waals surface area contributed by atoms with Crippen LogP contribution in [0.4, 0.5) is 16.2 Å². The van der Waals surface area contributed by atoms with E-state index in [1.807, 2.05) is 49.9 Å². The summed E-state index contributed by atoms with van der Waals surface area (Å²) in [5, 5.41) is 3.58. The van der Waals surface area contributed by atoms with Crippen LogP contribution in [0.25, 0.3) is 0 Å². The van der Waals surface area contributed by atoms with E-state index < -0.39 is 5.60 Å². The molecule has 6 nitrogen and oxygen atoms in total. The monoisotopic (exact) mass is 407 g/mol. The van der Waals surface area contributed by atoms with Crippen molar-refractivity contribution < 1.29 is 14.3 Å². The zero-order valence-electron chi connectivity index (χ0n) is 16.9. The van der Waals surface area contributed by atoms with Crippen molar-refractivity contribution >= 4 is 35.0 Å². The van der Waals surface area contributed by atoms with Crippen molar-refractivity contribution in [1.29, 1.82) is 0 Å². The van der Waals surface area contributed by atoms with E-state index in [1.54, 1.807) is 4.90 Å². The molecule has 1 atom stereocenters. The lowest BCUT2D eigenvalue weighted by Gasteiger charge is -2.34. The molecule has 2 heterocycles. The number of rotatable bonds is 4. The van der Waals surface area contributed by atoms with Gasteiger partial charge in [-0.25, -0.2) is 4.79 Å². The van der Waals surface area contributed by atoms with Crippen LogP contribution in [0, 0.1) is 5.92 Å². The predicted molar refractivity (Wildman–Crippen MR) is 112 cm³/mol. The minimum Gasteiger partial charge on any atom is -0.444 e. The van der Waals surface area contributed by atoms with E-state index >= 15 is 0 Å². The first-order chi connectivity index (χ1) is 13.3. The quantitative estimate of drug-likeness (QED) is 0.763. The Kier molecular flexibility index (Phi) is 6.38. The van der Waals surface area contributed by atoms with Crippen molar-refractivity contribution in [2.45, 2.75) is 51.7 Å². The van der Waals surface area contributed by atoms with Gasteiger partial charge in [-0.1, -0.05) is 12.1 Å². The van der Waals surface area contributed by atoms with Crippen molar-refractivity contribution in [3.05, 3.63) is 24.3 Å². The number of halogens is 1. The van der Waals surface area contributed by atoms with Gasteiger partial charge in [0.2, 0.25) is 5.91 Å². The summed E-state index contributed by atoms with van der Waals surface area (Å²) in [6.07, 6.45) is 1.94. The van der Waals surface area contributed by atoms with Crippen LogP contribution in [0.2, 0.25) is 0 Å². The molecule has 0 aliphatic carbocycles. The number of piperidine rings is 1. The maximum absolute atomic E-state index is 12.4. The van der Waals surface area contributed by atoms with Gasteiger partial charge >= 0.3 is 6.09 Å². The summed E-state index contributed by atoms with van der Waals surface area (Å²) in [6.45, 7) is 7.62. The minimum absolute atomic E-state index is 0.125. The molecule has 1 unspecified atom stereocenters. The molecule has 154 valence electrons. The first kappa shape index (κ1) is 20.8. The van der Waals surface area contributed by atoms with Crippen molar-refractivity contribution in [1.82, 2.24) is 4.90 Å². The normalized spacial score (nSPS) is 21.1. The van der Waals surface area contributed by atoms with Crippen molar-refractivity contribution in [2.75, 3.05) is 35.7 Å². The van der Waals surface area contributed by atoms with E-state index in [1.165, 1.54) is 0 Å². The first-order valence-corrected chi connectivity index (χ1v) is 10.5. The van der Waals surface area contributed by atoms with Crippen LogP contribution in [0.15, 0.2) is 24.3 Å². The molecule has 1 aromatic rings. The summed E-state index contributed by atoms with van der Waals surface area (Å²) >= 11 is 5.96. The standard InChI is InChI=1S/C21H30ClN3O3/c1-21(2,3)28-20(27)24-10-8-16(9-11-24)23-17-6-4-5-7-18(17)25-14-15(13-22)12-19(25)26/h4-7,15-16,23H,8-14H2,1-3H3. The number of para-hydroxylation sites is 2. The van der Waals surface area contributed by atoms with Crippen molar-refractivity contribution in [3.63, 3.8) is 0 Å². The summed E-state index contributed by atoms with van der Waals surface area (Å²) in [5.41, 5.74) is 1.39. The molecule has 3 rings (SSSR count). The number of nitrogens with zero attached hydrogens (tertiary/aromatic N) is 2. The molecular formula is C21H30ClN3O3. The second-order valence-electron chi connectivity index (χ2n) is 8.63. The number of ether oxygens (including phenoxy) is 1.